The number of phosphoric ester groups is 1. The summed E-state index contributed by atoms with van der Waals surface area (Å²) >= 11 is 0. The number of benzene rings is 2. The van der Waals surface area contributed by atoms with Gasteiger partial charge in [0.1, 0.15) is 11.5 Å². The summed E-state index contributed by atoms with van der Waals surface area (Å²) in [5.74, 6) is 0.939. The molecule has 0 spiro atoms. The van der Waals surface area contributed by atoms with Crippen LogP contribution < -0.4 is 9.05 Å². The van der Waals surface area contributed by atoms with Crippen LogP contribution in [0.1, 0.15) is 90.4 Å². The fourth-order valence-corrected chi connectivity index (χ4v) is 4.84. The molecule has 0 radical (unpaired) electrons. The molecule has 2 aromatic carbocycles. The van der Waals surface area contributed by atoms with E-state index in [1.807, 2.05) is 36.4 Å². The SMILES string of the molecule is CCCCCCCCCCCCCCCOP(=O)(Oc1ccccc1)Oc1ccccc1. The van der Waals surface area contributed by atoms with Crippen molar-refractivity contribution in [3.05, 3.63) is 60.7 Å². The van der Waals surface area contributed by atoms with Crippen molar-refractivity contribution in [1.82, 2.24) is 0 Å². The van der Waals surface area contributed by atoms with Crippen molar-refractivity contribution in [2.45, 2.75) is 90.4 Å². The summed E-state index contributed by atoms with van der Waals surface area (Å²) in [6, 6.07) is 18.1. The van der Waals surface area contributed by atoms with Crippen LogP contribution in [0.25, 0.3) is 0 Å². The molecule has 32 heavy (non-hydrogen) atoms. The molecule has 0 aromatic heterocycles. The highest BCUT2D eigenvalue weighted by Gasteiger charge is 2.30. The highest BCUT2D eigenvalue weighted by Crippen LogP contribution is 2.49. The summed E-state index contributed by atoms with van der Waals surface area (Å²) in [4.78, 5) is 0. The molecule has 2 rings (SSSR count). The molecule has 4 nitrogen and oxygen atoms in total. The second kappa shape index (κ2) is 16.8. The van der Waals surface area contributed by atoms with E-state index in [0.717, 1.165) is 12.8 Å². The van der Waals surface area contributed by atoms with Crippen molar-refractivity contribution in [3.63, 3.8) is 0 Å². The minimum atomic E-state index is -3.75. The maximum Gasteiger partial charge on any atom is 0.587 e. The molecule has 0 unspecified atom stereocenters. The van der Waals surface area contributed by atoms with E-state index >= 15 is 0 Å². The molecule has 0 saturated heterocycles. The third-order valence-corrected chi connectivity index (χ3v) is 6.79. The maximum absolute atomic E-state index is 13.2. The third-order valence-electron chi connectivity index (χ3n) is 5.42. The summed E-state index contributed by atoms with van der Waals surface area (Å²) in [5, 5.41) is 0. The second-order valence-corrected chi connectivity index (χ2v) is 9.85. The van der Waals surface area contributed by atoms with Gasteiger partial charge in [-0.3, -0.25) is 4.52 Å². The van der Waals surface area contributed by atoms with Crippen molar-refractivity contribution in [1.29, 1.82) is 0 Å². The van der Waals surface area contributed by atoms with E-state index in [2.05, 4.69) is 6.92 Å². The highest BCUT2D eigenvalue weighted by molar-refractivity contribution is 7.49. The van der Waals surface area contributed by atoms with Crippen molar-refractivity contribution in [3.8, 4) is 11.5 Å². The fraction of sp³-hybridized carbons (Fsp3) is 0.556. The predicted octanol–water partition coefficient (Wildman–Crippen LogP) is 9.36. The van der Waals surface area contributed by atoms with Gasteiger partial charge in [-0.2, -0.15) is 0 Å². The highest BCUT2D eigenvalue weighted by atomic mass is 31.2. The lowest BCUT2D eigenvalue weighted by atomic mass is 10.0. The lowest BCUT2D eigenvalue weighted by Gasteiger charge is -2.19. The lowest BCUT2D eigenvalue weighted by Crippen LogP contribution is -2.06. The predicted molar refractivity (Wildman–Crippen MR) is 133 cm³/mol. The molecule has 0 heterocycles. The van der Waals surface area contributed by atoms with Crippen molar-refractivity contribution in [2.24, 2.45) is 0 Å². The van der Waals surface area contributed by atoms with Crippen LogP contribution in [0.3, 0.4) is 0 Å². The normalized spacial score (nSPS) is 11.4. The molecule has 0 saturated carbocycles. The van der Waals surface area contributed by atoms with Gasteiger partial charge in [0.15, 0.2) is 0 Å². The summed E-state index contributed by atoms with van der Waals surface area (Å²) in [6.07, 6.45) is 16.7. The third kappa shape index (κ3) is 12.3. The van der Waals surface area contributed by atoms with Gasteiger partial charge in [-0.15, -0.1) is 0 Å². The Morgan fingerprint density at radius 3 is 1.34 bits per heavy atom. The minimum Gasteiger partial charge on any atom is -0.395 e. The topological polar surface area (TPSA) is 44.8 Å². The molecular formula is C27H41O4P. The first-order valence-corrected chi connectivity index (χ1v) is 13.9. The summed E-state index contributed by atoms with van der Waals surface area (Å²) in [6.45, 7) is 2.62. The van der Waals surface area contributed by atoms with E-state index in [9.17, 15) is 4.57 Å². The van der Waals surface area contributed by atoms with E-state index in [0.29, 0.717) is 18.1 Å². The maximum atomic E-state index is 13.2. The van der Waals surface area contributed by atoms with Crippen LogP contribution in [0.2, 0.25) is 0 Å². The van der Waals surface area contributed by atoms with E-state index in [4.69, 9.17) is 13.6 Å². The first-order chi connectivity index (χ1) is 15.7. The zero-order chi connectivity index (χ0) is 22.7. The Bertz CT molecular complexity index is 690. The molecule has 0 aliphatic carbocycles. The average Bonchev–Trinajstić information content (AvgIpc) is 2.80. The summed E-state index contributed by atoms with van der Waals surface area (Å²) < 4.78 is 30.1. The first-order valence-electron chi connectivity index (χ1n) is 12.5. The van der Waals surface area contributed by atoms with Crippen LogP contribution in [0.5, 0.6) is 11.5 Å². The molecule has 0 atom stereocenters. The molecule has 0 amide bonds. The van der Waals surface area contributed by atoms with Crippen LogP contribution in [0.4, 0.5) is 0 Å². The van der Waals surface area contributed by atoms with Gasteiger partial charge in [-0.25, -0.2) is 4.57 Å². The molecule has 0 N–H and O–H groups in total. The number of phosphoric acid groups is 1. The first kappa shape index (κ1) is 26.5. The number of hydrogen-bond donors (Lipinski definition) is 0. The summed E-state index contributed by atoms with van der Waals surface area (Å²) in [7, 11) is -3.75. The number of rotatable bonds is 19. The molecule has 5 heteroatoms. The number of para-hydroxylation sites is 2. The Balaban J connectivity index is 1.60. The van der Waals surface area contributed by atoms with Crippen LogP contribution in [0, 0.1) is 0 Å². The van der Waals surface area contributed by atoms with Crippen LogP contribution in [-0.2, 0) is 9.09 Å². The Labute approximate surface area is 195 Å². The van der Waals surface area contributed by atoms with E-state index in [-0.39, 0.29) is 0 Å². The minimum absolute atomic E-state index is 0.356. The zero-order valence-corrected chi connectivity index (χ0v) is 20.6. The largest absolute Gasteiger partial charge is 0.587 e. The lowest BCUT2D eigenvalue weighted by molar-refractivity contribution is 0.205. The quantitative estimate of drug-likeness (QED) is 0.155. The molecule has 0 bridgehead atoms. The van der Waals surface area contributed by atoms with Crippen LogP contribution in [0.15, 0.2) is 60.7 Å². The second-order valence-electron chi connectivity index (χ2n) is 8.33. The van der Waals surface area contributed by atoms with Gasteiger partial charge in [0.25, 0.3) is 0 Å². The Kier molecular flexibility index (Phi) is 13.9. The molecular weight excluding hydrogens is 419 g/mol. The van der Waals surface area contributed by atoms with Gasteiger partial charge in [0, 0.05) is 0 Å². The monoisotopic (exact) mass is 460 g/mol. The molecule has 0 aliphatic heterocycles. The Morgan fingerprint density at radius 2 is 0.938 bits per heavy atom. The smallest absolute Gasteiger partial charge is 0.395 e. The van der Waals surface area contributed by atoms with Gasteiger partial charge in [0.05, 0.1) is 6.61 Å². The standard InChI is InChI=1S/C27H41O4P/c1-2-3-4-5-6-7-8-9-10-11-12-13-20-25-29-32(28,30-26-21-16-14-17-22-26)31-27-23-18-15-19-24-27/h14-19,21-24H,2-13,20,25H2,1H3. The van der Waals surface area contributed by atoms with Crippen LogP contribution >= 0.6 is 7.82 Å². The summed E-state index contributed by atoms with van der Waals surface area (Å²) in [5.41, 5.74) is 0. The number of unbranched alkanes of at least 4 members (excludes halogenated alkanes) is 12. The van der Waals surface area contributed by atoms with Crippen molar-refractivity contribution in [2.75, 3.05) is 6.61 Å². The zero-order valence-electron chi connectivity index (χ0n) is 19.8. The van der Waals surface area contributed by atoms with Gasteiger partial charge in [-0.1, -0.05) is 120 Å². The number of hydrogen-bond acceptors (Lipinski definition) is 4. The average molecular weight is 461 g/mol. The molecule has 2 aromatic rings. The van der Waals surface area contributed by atoms with E-state index < -0.39 is 7.82 Å². The van der Waals surface area contributed by atoms with Crippen LogP contribution in [-0.4, -0.2) is 6.61 Å². The van der Waals surface area contributed by atoms with Gasteiger partial charge in [0.2, 0.25) is 0 Å². The van der Waals surface area contributed by atoms with Gasteiger partial charge >= 0.3 is 7.82 Å². The molecule has 178 valence electrons. The Hall–Kier alpha value is -1.77. The van der Waals surface area contributed by atoms with Gasteiger partial charge < -0.3 is 9.05 Å². The van der Waals surface area contributed by atoms with E-state index in [1.165, 1.54) is 70.6 Å². The molecule has 0 aliphatic rings. The molecule has 0 fully saturated rings. The van der Waals surface area contributed by atoms with Crippen molar-refractivity contribution >= 4 is 7.82 Å². The van der Waals surface area contributed by atoms with E-state index in [1.54, 1.807) is 24.3 Å². The fourth-order valence-electron chi connectivity index (χ4n) is 3.59. The Morgan fingerprint density at radius 1 is 0.562 bits per heavy atom. The van der Waals surface area contributed by atoms with Crippen molar-refractivity contribution < 1.29 is 18.1 Å². The van der Waals surface area contributed by atoms with Gasteiger partial charge in [-0.05, 0) is 30.7 Å².